The molecule has 0 aromatic carbocycles. The van der Waals surface area contributed by atoms with Gasteiger partial charge in [0.05, 0.1) is 5.56 Å². The molecule has 0 radical (unpaired) electrons. The number of hydrogen-bond donors (Lipinski definition) is 0. The van der Waals surface area contributed by atoms with Crippen LogP contribution in [0.5, 0.6) is 0 Å². The number of rotatable bonds is 4. The number of sulfonamides is 1. The van der Waals surface area contributed by atoms with Gasteiger partial charge in [-0.05, 0) is 12.1 Å². The summed E-state index contributed by atoms with van der Waals surface area (Å²) in [7, 11) is -0.190. The zero-order valence-corrected chi connectivity index (χ0v) is 12.1. The number of hydrogen-bond acceptors (Lipinski definition) is 5. The van der Waals surface area contributed by atoms with Crippen molar-refractivity contribution in [3.63, 3.8) is 0 Å². The number of anilines is 1. The van der Waals surface area contributed by atoms with Gasteiger partial charge in [0.2, 0.25) is 10.0 Å². The van der Waals surface area contributed by atoms with Gasteiger partial charge in [-0.2, -0.15) is 0 Å². The maximum Gasteiger partial charge on any atom is 0.219 e. The van der Waals surface area contributed by atoms with Gasteiger partial charge in [0.15, 0.2) is 6.29 Å². The second-order valence-corrected chi connectivity index (χ2v) is 7.31. The minimum Gasteiger partial charge on any atom is -0.354 e. The van der Waals surface area contributed by atoms with Crippen molar-refractivity contribution in [2.24, 2.45) is 0 Å². The summed E-state index contributed by atoms with van der Waals surface area (Å²) < 4.78 is 25.0. The number of carbonyl (C=O) groups excluding carboxylic acids is 1. The summed E-state index contributed by atoms with van der Waals surface area (Å²) in [5, 5.41) is -0.291. The van der Waals surface area contributed by atoms with Gasteiger partial charge in [-0.25, -0.2) is 17.7 Å². The summed E-state index contributed by atoms with van der Waals surface area (Å²) in [6, 6.07) is 3.24. The molecule has 1 aliphatic rings. The topological polar surface area (TPSA) is 70.6 Å². The van der Waals surface area contributed by atoms with Gasteiger partial charge in [0.1, 0.15) is 16.2 Å². The van der Waals surface area contributed by atoms with Gasteiger partial charge in [-0.1, -0.05) is 11.6 Å². The average molecular weight is 304 g/mol. The van der Waals surface area contributed by atoms with Crippen LogP contribution in [-0.2, 0) is 10.0 Å². The van der Waals surface area contributed by atoms with Crippen molar-refractivity contribution in [3.05, 3.63) is 22.8 Å². The molecule has 0 aliphatic carbocycles. The summed E-state index contributed by atoms with van der Waals surface area (Å²) in [6.45, 7) is 0.758. The summed E-state index contributed by atoms with van der Waals surface area (Å²) in [5.41, 5.74) is 0.323. The molecule has 0 bridgehead atoms. The second kappa shape index (κ2) is 5.07. The van der Waals surface area contributed by atoms with Gasteiger partial charge in [-0.3, -0.25) is 4.79 Å². The van der Waals surface area contributed by atoms with Crippen molar-refractivity contribution in [1.29, 1.82) is 0 Å². The Morgan fingerprint density at radius 3 is 2.53 bits per heavy atom. The van der Waals surface area contributed by atoms with E-state index in [4.69, 9.17) is 11.6 Å². The van der Waals surface area contributed by atoms with Crippen LogP contribution in [0.15, 0.2) is 12.1 Å². The average Bonchev–Trinajstić information content (AvgIpc) is 2.26. The Hall–Kier alpha value is -1.18. The first-order chi connectivity index (χ1) is 8.86. The molecule has 1 fully saturated rings. The van der Waals surface area contributed by atoms with E-state index in [0.717, 1.165) is 0 Å². The maximum absolute atomic E-state index is 11.9. The van der Waals surface area contributed by atoms with Gasteiger partial charge in [0, 0.05) is 27.2 Å². The Morgan fingerprint density at radius 1 is 1.42 bits per heavy atom. The lowest BCUT2D eigenvalue weighted by Gasteiger charge is -2.40. The molecule has 2 rings (SSSR count). The van der Waals surface area contributed by atoms with Crippen LogP contribution in [0.25, 0.3) is 0 Å². The van der Waals surface area contributed by atoms with Crippen molar-refractivity contribution in [3.8, 4) is 0 Å². The van der Waals surface area contributed by atoms with Gasteiger partial charge < -0.3 is 4.90 Å². The second-order valence-electron chi connectivity index (χ2n) is 4.52. The summed E-state index contributed by atoms with van der Waals surface area (Å²) in [4.78, 5) is 16.5. The van der Waals surface area contributed by atoms with Gasteiger partial charge in [-0.15, -0.1) is 0 Å². The van der Waals surface area contributed by atoms with Crippen LogP contribution in [0.3, 0.4) is 0 Å². The van der Waals surface area contributed by atoms with Crippen molar-refractivity contribution in [2.45, 2.75) is 5.25 Å². The lowest BCUT2D eigenvalue weighted by molar-refractivity contribution is 0.112. The molecule has 8 heteroatoms. The monoisotopic (exact) mass is 303 g/mol. The minimum absolute atomic E-state index is 0.131. The fourth-order valence-electron chi connectivity index (χ4n) is 1.81. The third-order valence-electron chi connectivity index (χ3n) is 3.09. The van der Waals surface area contributed by atoms with Gasteiger partial charge in [0.25, 0.3) is 0 Å². The fraction of sp³-hybridized carbons (Fsp3) is 0.455. The smallest absolute Gasteiger partial charge is 0.219 e. The van der Waals surface area contributed by atoms with Crippen molar-refractivity contribution < 1.29 is 13.2 Å². The lowest BCUT2D eigenvalue weighted by atomic mass is 10.2. The van der Waals surface area contributed by atoms with Crippen molar-refractivity contribution in [2.75, 3.05) is 32.1 Å². The third-order valence-corrected chi connectivity index (χ3v) is 5.55. The van der Waals surface area contributed by atoms with Crippen LogP contribution < -0.4 is 4.90 Å². The van der Waals surface area contributed by atoms with Crippen LogP contribution in [0.4, 0.5) is 5.82 Å². The van der Waals surface area contributed by atoms with E-state index in [1.807, 2.05) is 4.90 Å². The van der Waals surface area contributed by atoms with Crippen LogP contribution in [-0.4, -0.2) is 56.4 Å². The largest absolute Gasteiger partial charge is 0.354 e. The Labute approximate surface area is 117 Å². The van der Waals surface area contributed by atoms with Crippen LogP contribution in [0.2, 0.25) is 5.15 Å². The van der Waals surface area contributed by atoms with E-state index in [0.29, 0.717) is 30.8 Å². The Morgan fingerprint density at radius 2 is 2.05 bits per heavy atom. The molecule has 1 aliphatic heterocycles. The normalized spacial score (nSPS) is 16.5. The molecule has 104 valence electrons. The van der Waals surface area contributed by atoms with E-state index in [1.165, 1.54) is 18.4 Å². The van der Waals surface area contributed by atoms with Crippen LogP contribution in [0.1, 0.15) is 10.4 Å². The van der Waals surface area contributed by atoms with Crippen LogP contribution >= 0.6 is 11.6 Å². The Balaban J connectivity index is 2.09. The zero-order chi connectivity index (χ0) is 14.2. The van der Waals surface area contributed by atoms with Crippen molar-refractivity contribution in [1.82, 2.24) is 9.29 Å². The number of nitrogens with zero attached hydrogens (tertiary/aromatic N) is 3. The number of aldehydes is 1. The molecule has 2 heterocycles. The predicted molar refractivity (Wildman–Crippen MR) is 73.2 cm³/mol. The van der Waals surface area contributed by atoms with E-state index in [9.17, 15) is 13.2 Å². The summed E-state index contributed by atoms with van der Waals surface area (Å²) in [6.07, 6.45) is 0.633. The van der Waals surface area contributed by atoms with E-state index in [2.05, 4.69) is 4.98 Å². The number of carbonyl (C=O) groups is 1. The van der Waals surface area contributed by atoms with Gasteiger partial charge >= 0.3 is 0 Å². The van der Waals surface area contributed by atoms with E-state index < -0.39 is 15.3 Å². The SMILES string of the molecule is CN(C)S(=O)(=O)C1CN(c2ccc(C=O)c(Cl)n2)C1. The molecular weight excluding hydrogens is 290 g/mol. The van der Waals surface area contributed by atoms with Crippen molar-refractivity contribution >= 4 is 33.7 Å². The highest BCUT2D eigenvalue weighted by Gasteiger charge is 2.39. The zero-order valence-electron chi connectivity index (χ0n) is 10.6. The molecule has 1 saturated heterocycles. The molecule has 0 unspecified atom stereocenters. The lowest BCUT2D eigenvalue weighted by Crippen LogP contribution is -2.57. The van der Waals surface area contributed by atoms with E-state index in [1.54, 1.807) is 12.1 Å². The molecule has 0 N–H and O–H groups in total. The molecule has 0 spiro atoms. The quantitative estimate of drug-likeness (QED) is 0.602. The molecular formula is C11H14ClN3O3S. The Bertz CT molecular complexity index is 597. The molecule has 19 heavy (non-hydrogen) atoms. The first kappa shape index (κ1) is 14.2. The molecule has 1 aromatic heterocycles. The molecule has 0 saturated carbocycles. The fourth-order valence-corrected chi connectivity index (χ4v) is 3.34. The highest BCUT2D eigenvalue weighted by Crippen LogP contribution is 2.26. The van der Waals surface area contributed by atoms with E-state index >= 15 is 0 Å². The molecule has 0 amide bonds. The Kier molecular flexibility index (Phi) is 3.80. The highest BCUT2D eigenvalue weighted by atomic mass is 35.5. The first-order valence-corrected chi connectivity index (χ1v) is 7.52. The summed E-state index contributed by atoms with van der Waals surface area (Å²) in [5.74, 6) is 0.584. The molecule has 1 aromatic rings. The minimum atomic E-state index is -3.23. The maximum atomic E-state index is 11.9. The van der Waals surface area contributed by atoms with Crippen LogP contribution in [0, 0.1) is 0 Å². The molecule has 0 atom stereocenters. The number of aromatic nitrogens is 1. The summed E-state index contributed by atoms with van der Waals surface area (Å²) >= 11 is 5.84. The number of halogens is 1. The first-order valence-electron chi connectivity index (χ1n) is 5.64. The third kappa shape index (κ3) is 2.58. The molecule has 6 nitrogen and oxygen atoms in total. The highest BCUT2D eigenvalue weighted by molar-refractivity contribution is 7.89. The standard InChI is InChI=1S/C11H14ClN3O3S/c1-14(2)19(17,18)9-5-15(6-9)10-4-3-8(7-16)11(12)13-10/h3-4,7,9H,5-6H2,1-2H3. The number of pyridine rings is 1. The van der Waals surface area contributed by atoms with E-state index in [-0.39, 0.29) is 5.15 Å². The predicted octanol–water partition coefficient (Wildman–Crippen LogP) is 0.628.